The van der Waals surface area contributed by atoms with E-state index in [0.29, 0.717) is 31.0 Å². The van der Waals surface area contributed by atoms with Crippen molar-refractivity contribution in [1.82, 2.24) is 5.32 Å². The van der Waals surface area contributed by atoms with Crippen LogP contribution >= 0.6 is 0 Å². The van der Waals surface area contributed by atoms with E-state index in [1.165, 1.54) is 11.3 Å². The van der Waals surface area contributed by atoms with Crippen molar-refractivity contribution in [3.05, 3.63) is 53.6 Å². The summed E-state index contributed by atoms with van der Waals surface area (Å²) in [6.45, 7) is 3.84. The van der Waals surface area contributed by atoms with Crippen LogP contribution in [0.2, 0.25) is 0 Å². The molecule has 0 aliphatic carbocycles. The van der Waals surface area contributed by atoms with Gasteiger partial charge in [-0.2, -0.15) is 0 Å². The Bertz CT molecular complexity index is 851. The van der Waals surface area contributed by atoms with Crippen molar-refractivity contribution in [2.45, 2.75) is 26.2 Å². The average Bonchev–Trinajstić information content (AvgIpc) is 2.69. The highest BCUT2D eigenvalue weighted by atomic mass is 16.5. The molecule has 0 bridgehead atoms. The third-order valence-corrected chi connectivity index (χ3v) is 4.84. The van der Waals surface area contributed by atoms with Gasteiger partial charge in [-0.15, -0.1) is 0 Å². The fraction of sp³-hybridized carbons (Fsp3) is 0.364. The number of para-hydroxylation sites is 2. The third-order valence-electron chi connectivity index (χ3n) is 4.84. The predicted octanol–water partition coefficient (Wildman–Crippen LogP) is 2.77. The number of hydrogen-bond acceptors (Lipinski definition) is 4. The number of nitrogens with one attached hydrogen (secondary N) is 2. The van der Waals surface area contributed by atoms with Gasteiger partial charge in [0.05, 0.1) is 12.3 Å². The van der Waals surface area contributed by atoms with Crippen LogP contribution in [0, 0.1) is 0 Å². The van der Waals surface area contributed by atoms with E-state index in [1.807, 2.05) is 13.0 Å². The molecule has 0 atom stereocenters. The summed E-state index contributed by atoms with van der Waals surface area (Å²) in [6.07, 6.45) is 2.93. The molecular weight excluding hydrogens is 354 g/mol. The average molecular weight is 381 g/mol. The first-order valence-electron chi connectivity index (χ1n) is 9.72. The molecule has 1 aliphatic rings. The Labute approximate surface area is 165 Å². The van der Waals surface area contributed by atoms with Crippen LogP contribution in [-0.4, -0.2) is 38.6 Å². The molecule has 0 saturated carbocycles. The molecule has 6 heteroatoms. The SMILES string of the molecule is CCOc1ccccc1NC(=O)C(=O)NCCc1ccc2c(c1)CCCN2C. The van der Waals surface area contributed by atoms with Crippen LogP contribution in [0.3, 0.4) is 0 Å². The maximum atomic E-state index is 12.2. The van der Waals surface area contributed by atoms with E-state index in [2.05, 4.69) is 40.8 Å². The second-order valence-corrected chi connectivity index (χ2v) is 6.88. The smallest absolute Gasteiger partial charge is 0.313 e. The van der Waals surface area contributed by atoms with Gasteiger partial charge in [-0.3, -0.25) is 9.59 Å². The lowest BCUT2D eigenvalue weighted by molar-refractivity contribution is -0.136. The van der Waals surface area contributed by atoms with Crippen molar-refractivity contribution in [2.24, 2.45) is 0 Å². The van der Waals surface area contributed by atoms with Gasteiger partial charge < -0.3 is 20.3 Å². The van der Waals surface area contributed by atoms with Gasteiger partial charge >= 0.3 is 11.8 Å². The number of nitrogens with zero attached hydrogens (tertiary/aromatic N) is 1. The lowest BCUT2D eigenvalue weighted by Gasteiger charge is -2.27. The molecule has 0 radical (unpaired) electrons. The minimum Gasteiger partial charge on any atom is -0.492 e. The van der Waals surface area contributed by atoms with Crippen LogP contribution in [0.15, 0.2) is 42.5 Å². The Hall–Kier alpha value is -3.02. The molecule has 1 heterocycles. The van der Waals surface area contributed by atoms with Crippen molar-refractivity contribution in [2.75, 3.05) is 37.0 Å². The van der Waals surface area contributed by atoms with Crippen molar-refractivity contribution in [3.8, 4) is 5.75 Å². The molecule has 2 N–H and O–H groups in total. The maximum Gasteiger partial charge on any atom is 0.313 e. The summed E-state index contributed by atoms with van der Waals surface area (Å²) in [7, 11) is 2.11. The van der Waals surface area contributed by atoms with Crippen molar-refractivity contribution >= 4 is 23.2 Å². The highest BCUT2D eigenvalue weighted by molar-refractivity contribution is 6.39. The molecule has 3 rings (SSSR count). The van der Waals surface area contributed by atoms with E-state index in [4.69, 9.17) is 4.74 Å². The first-order chi connectivity index (χ1) is 13.6. The zero-order chi connectivity index (χ0) is 19.9. The first kappa shape index (κ1) is 19.7. The summed E-state index contributed by atoms with van der Waals surface area (Å²) >= 11 is 0. The van der Waals surface area contributed by atoms with E-state index in [0.717, 1.165) is 24.9 Å². The molecule has 1 aliphatic heterocycles. The van der Waals surface area contributed by atoms with Gasteiger partial charge in [-0.05, 0) is 55.5 Å². The van der Waals surface area contributed by atoms with E-state index in [-0.39, 0.29) is 0 Å². The molecule has 0 spiro atoms. The number of rotatable bonds is 6. The fourth-order valence-electron chi connectivity index (χ4n) is 3.43. The normalized spacial score (nSPS) is 12.9. The molecule has 148 valence electrons. The summed E-state index contributed by atoms with van der Waals surface area (Å²) in [5, 5.41) is 5.30. The molecule has 0 aromatic heterocycles. The van der Waals surface area contributed by atoms with Crippen LogP contribution < -0.4 is 20.3 Å². The highest BCUT2D eigenvalue weighted by Gasteiger charge is 2.16. The largest absolute Gasteiger partial charge is 0.492 e. The highest BCUT2D eigenvalue weighted by Crippen LogP contribution is 2.27. The second kappa shape index (κ2) is 9.26. The minimum absolute atomic E-state index is 0.411. The quantitative estimate of drug-likeness (QED) is 0.755. The van der Waals surface area contributed by atoms with Crippen LogP contribution in [0.4, 0.5) is 11.4 Å². The van der Waals surface area contributed by atoms with E-state index < -0.39 is 11.8 Å². The van der Waals surface area contributed by atoms with E-state index in [9.17, 15) is 9.59 Å². The Balaban J connectivity index is 1.51. The lowest BCUT2D eigenvalue weighted by Crippen LogP contribution is -2.36. The molecule has 6 nitrogen and oxygen atoms in total. The molecule has 28 heavy (non-hydrogen) atoms. The zero-order valence-corrected chi connectivity index (χ0v) is 16.5. The number of carbonyl (C=O) groups excluding carboxylic acids is 2. The molecule has 0 saturated heterocycles. The van der Waals surface area contributed by atoms with Crippen LogP contribution in [-0.2, 0) is 22.4 Å². The Morgan fingerprint density at radius 3 is 2.79 bits per heavy atom. The van der Waals surface area contributed by atoms with Crippen molar-refractivity contribution in [1.29, 1.82) is 0 Å². The predicted molar refractivity (Wildman–Crippen MR) is 111 cm³/mol. The molecular formula is C22H27N3O3. The zero-order valence-electron chi connectivity index (χ0n) is 16.5. The van der Waals surface area contributed by atoms with Crippen molar-refractivity contribution < 1.29 is 14.3 Å². The number of aryl methyl sites for hydroxylation is 1. The van der Waals surface area contributed by atoms with Gasteiger partial charge in [-0.25, -0.2) is 0 Å². The van der Waals surface area contributed by atoms with Crippen molar-refractivity contribution in [3.63, 3.8) is 0 Å². The third kappa shape index (κ3) is 4.82. The van der Waals surface area contributed by atoms with Gasteiger partial charge in [0.2, 0.25) is 0 Å². The molecule has 0 unspecified atom stereocenters. The number of hydrogen-bond donors (Lipinski definition) is 2. The molecule has 2 aromatic carbocycles. The number of fused-ring (bicyclic) bond motifs is 1. The minimum atomic E-state index is -0.695. The topological polar surface area (TPSA) is 70.7 Å². The summed E-state index contributed by atoms with van der Waals surface area (Å²) in [4.78, 5) is 26.5. The lowest BCUT2D eigenvalue weighted by atomic mass is 9.98. The van der Waals surface area contributed by atoms with E-state index in [1.54, 1.807) is 18.2 Å². The van der Waals surface area contributed by atoms with Gasteiger partial charge in [0.1, 0.15) is 5.75 Å². The number of benzene rings is 2. The summed E-state index contributed by atoms with van der Waals surface area (Å²) in [5.41, 5.74) is 4.29. The summed E-state index contributed by atoms with van der Waals surface area (Å²) < 4.78 is 5.46. The molecule has 2 aromatic rings. The number of ether oxygens (including phenoxy) is 1. The summed E-state index contributed by atoms with van der Waals surface area (Å²) in [5.74, 6) is -0.798. The van der Waals surface area contributed by atoms with Gasteiger partial charge in [-0.1, -0.05) is 24.3 Å². The van der Waals surface area contributed by atoms with Crippen LogP contribution in [0.5, 0.6) is 5.75 Å². The number of carbonyl (C=O) groups is 2. The molecule has 2 amide bonds. The molecule has 0 fully saturated rings. The van der Waals surface area contributed by atoms with Crippen LogP contribution in [0.25, 0.3) is 0 Å². The number of amides is 2. The first-order valence-corrected chi connectivity index (χ1v) is 9.72. The van der Waals surface area contributed by atoms with E-state index >= 15 is 0 Å². The van der Waals surface area contributed by atoms with Gasteiger partial charge in [0, 0.05) is 25.8 Å². The summed E-state index contributed by atoms with van der Waals surface area (Å²) in [6, 6.07) is 13.5. The fourth-order valence-corrected chi connectivity index (χ4v) is 3.43. The maximum absolute atomic E-state index is 12.2. The monoisotopic (exact) mass is 381 g/mol. The second-order valence-electron chi connectivity index (χ2n) is 6.88. The van der Waals surface area contributed by atoms with Crippen LogP contribution in [0.1, 0.15) is 24.5 Å². The Kier molecular flexibility index (Phi) is 6.53. The Morgan fingerprint density at radius 2 is 1.96 bits per heavy atom. The van der Waals surface area contributed by atoms with Gasteiger partial charge in [0.15, 0.2) is 0 Å². The van der Waals surface area contributed by atoms with Gasteiger partial charge in [0.25, 0.3) is 0 Å². The number of anilines is 2. The Morgan fingerprint density at radius 1 is 1.14 bits per heavy atom. The standard InChI is InChI=1S/C22H27N3O3/c1-3-28-20-9-5-4-8-18(20)24-22(27)21(26)23-13-12-16-10-11-19-17(15-16)7-6-14-25(19)2/h4-5,8-11,15H,3,6-7,12-14H2,1-2H3,(H,23,26)(H,24,27).